The van der Waals surface area contributed by atoms with Crippen LogP contribution in [0.5, 0.6) is 5.75 Å². The number of amides is 2. The molecule has 0 saturated carbocycles. The Labute approximate surface area is 207 Å². The van der Waals surface area contributed by atoms with Gasteiger partial charge >= 0.3 is 0 Å². The summed E-state index contributed by atoms with van der Waals surface area (Å²) in [6.07, 6.45) is 5.73. The van der Waals surface area contributed by atoms with Gasteiger partial charge in [-0.05, 0) is 48.6 Å². The van der Waals surface area contributed by atoms with Gasteiger partial charge in [-0.15, -0.1) is 5.10 Å². The summed E-state index contributed by atoms with van der Waals surface area (Å²) in [5.41, 5.74) is 1.97. The molecule has 4 atom stereocenters. The van der Waals surface area contributed by atoms with Crippen molar-refractivity contribution in [3.05, 3.63) is 76.8 Å². The first kappa shape index (κ1) is 21.9. The topological polar surface area (TPSA) is 89.4 Å². The Morgan fingerprint density at radius 3 is 2.34 bits per heavy atom. The number of ether oxygens (including phenoxy) is 1. The molecule has 1 N–H and O–H groups in total. The Hall–Kier alpha value is -3.65. The number of imide groups is 1. The van der Waals surface area contributed by atoms with E-state index in [4.69, 9.17) is 16.3 Å². The van der Waals surface area contributed by atoms with Gasteiger partial charge in [0.05, 0.1) is 31.0 Å². The molecule has 0 spiro atoms. The summed E-state index contributed by atoms with van der Waals surface area (Å²) in [6, 6.07) is 15.2. The second-order valence-corrected chi connectivity index (χ2v) is 9.50. The van der Waals surface area contributed by atoms with Crippen molar-refractivity contribution in [1.29, 1.82) is 0 Å². The van der Waals surface area contributed by atoms with Crippen LogP contribution < -0.4 is 15.0 Å². The highest BCUT2D eigenvalue weighted by molar-refractivity contribution is 6.31. The van der Waals surface area contributed by atoms with Crippen molar-refractivity contribution in [2.24, 2.45) is 11.8 Å². The highest BCUT2D eigenvalue weighted by Crippen LogP contribution is 2.42. The van der Waals surface area contributed by atoms with Crippen molar-refractivity contribution >= 4 is 35.3 Å². The summed E-state index contributed by atoms with van der Waals surface area (Å²) >= 11 is 6.60. The van der Waals surface area contributed by atoms with Gasteiger partial charge in [-0.3, -0.25) is 9.59 Å². The van der Waals surface area contributed by atoms with Crippen molar-refractivity contribution in [1.82, 2.24) is 14.8 Å². The van der Waals surface area contributed by atoms with Gasteiger partial charge in [0.2, 0.25) is 17.8 Å². The summed E-state index contributed by atoms with van der Waals surface area (Å²) in [7, 11) is 1.64. The lowest BCUT2D eigenvalue weighted by Gasteiger charge is -2.32. The van der Waals surface area contributed by atoms with E-state index in [2.05, 4.69) is 15.4 Å². The molecule has 3 aliphatic rings. The predicted molar refractivity (Wildman–Crippen MR) is 131 cm³/mol. The number of anilines is 2. The standard InChI is InChI=1S/C26H24ClN5O3/c1-35-16-12-10-15(11-13-16)21-14-22(19-8-4-5-9-20(19)27)32-25(28-21)29-26(30-32)31-23(33)17-6-2-3-7-18(17)24(31)34/h2-5,8-13,17-18,21-22H,6-7,14H2,1H3,(H,28,29,30)/t17-,18+,21-,22-/m0/s1. The zero-order valence-corrected chi connectivity index (χ0v) is 19.9. The zero-order chi connectivity index (χ0) is 24.1. The van der Waals surface area contributed by atoms with Crippen LogP contribution in [0.3, 0.4) is 0 Å². The van der Waals surface area contributed by atoms with Gasteiger partial charge in [-0.1, -0.05) is 54.1 Å². The maximum Gasteiger partial charge on any atom is 0.260 e. The third kappa shape index (κ3) is 3.60. The van der Waals surface area contributed by atoms with E-state index < -0.39 is 0 Å². The number of rotatable bonds is 4. The van der Waals surface area contributed by atoms with Gasteiger partial charge < -0.3 is 10.1 Å². The first-order valence-electron chi connectivity index (χ1n) is 11.7. The monoisotopic (exact) mass is 489 g/mol. The molecule has 2 aliphatic heterocycles. The number of allylic oxidation sites excluding steroid dienone is 2. The van der Waals surface area contributed by atoms with Gasteiger partial charge in [0.25, 0.3) is 5.95 Å². The average Bonchev–Trinajstić information content (AvgIpc) is 3.42. The highest BCUT2D eigenvalue weighted by Gasteiger charge is 2.50. The SMILES string of the molecule is COc1ccc([C@@H]2C[C@@H](c3ccccc3Cl)n3nc(N4C(=O)[C@H]5CC=CC[C@H]5C4=O)nc3N2)cc1. The van der Waals surface area contributed by atoms with Gasteiger partial charge in [-0.25, -0.2) is 9.58 Å². The summed E-state index contributed by atoms with van der Waals surface area (Å²) in [5, 5.41) is 8.75. The van der Waals surface area contributed by atoms with Crippen LogP contribution in [0.1, 0.15) is 42.5 Å². The lowest BCUT2D eigenvalue weighted by atomic mass is 9.85. The first-order valence-corrected chi connectivity index (χ1v) is 12.1. The summed E-state index contributed by atoms with van der Waals surface area (Å²) < 4.78 is 7.05. The van der Waals surface area contributed by atoms with Crippen LogP contribution in [0.25, 0.3) is 0 Å². The number of aromatic nitrogens is 3. The molecule has 9 heteroatoms. The molecule has 3 aromatic rings. The van der Waals surface area contributed by atoms with Gasteiger partial charge in [0.1, 0.15) is 5.75 Å². The molecule has 1 aliphatic carbocycles. The van der Waals surface area contributed by atoms with Crippen LogP contribution in [0.4, 0.5) is 11.9 Å². The minimum absolute atomic E-state index is 0.0801. The molecule has 2 amide bonds. The number of benzene rings is 2. The number of methoxy groups -OCH3 is 1. The number of fused-ring (bicyclic) bond motifs is 2. The lowest BCUT2D eigenvalue weighted by molar-refractivity contribution is -0.122. The molecule has 1 fully saturated rings. The van der Waals surface area contributed by atoms with E-state index in [-0.39, 0.29) is 41.7 Å². The normalized spacial score (nSPS) is 25.3. The second-order valence-electron chi connectivity index (χ2n) is 9.09. The second kappa shape index (κ2) is 8.53. The number of hydrogen-bond acceptors (Lipinski definition) is 6. The summed E-state index contributed by atoms with van der Waals surface area (Å²) in [5.74, 6) is 0.246. The molecule has 3 heterocycles. The van der Waals surface area contributed by atoms with Gasteiger partial charge in [0, 0.05) is 5.02 Å². The molecule has 178 valence electrons. The van der Waals surface area contributed by atoms with Gasteiger partial charge in [-0.2, -0.15) is 4.98 Å². The number of nitrogens with one attached hydrogen (secondary N) is 1. The summed E-state index contributed by atoms with van der Waals surface area (Å²) in [6.45, 7) is 0. The number of carbonyl (C=O) groups is 2. The van der Waals surface area contributed by atoms with E-state index in [9.17, 15) is 9.59 Å². The number of nitrogens with zero attached hydrogens (tertiary/aromatic N) is 4. The molecule has 0 bridgehead atoms. The van der Waals surface area contributed by atoms with Crippen molar-refractivity contribution < 1.29 is 14.3 Å². The van der Waals surface area contributed by atoms with Crippen LogP contribution in [0.15, 0.2) is 60.7 Å². The Morgan fingerprint density at radius 2 is 1.69 bits per heavy atom. The van der Waals surface area contributed by atoms with Crippen molar-refractivity contribution in [3.8, 4) is 5.75 Å². The van der Waals surface area contributed by atoms with Crippen LogP contribution in [-0.4, -0.2) is 33.7 Å². The van der Waals surface area contributed by atoms with Crippen LogP contribution >= 0.6 is 11.6 Å². The molecule has 1 aromatic heterocycles. The van der Waals surface area contributed by atoms with Crippen LogP contribution in [-0.2, 0) is 9.59 Å². The predicted octanol–water partition coefficient (Wildman–Crippen LogP) is 4.54. The Balaban J connectivity index is 1.40. The molecular weight excluding hydrogens is 466 g/mol. The van der Waals surface area contributed by atoms with Crippen molar-refractivity contribution in [2.45, 2.75) is 31.3 Å². The van der Waals surface area contributed by atoms with E-state index in [1.807, 2.05) is 60.7 Å². The molecule has 6 rings (SSSR count). The maximum atomic E-state index is 13.1. The smallest absolute Gasteiger partial charge is 0.260 e. The molecule has 1 saturated heterocycles. The Bertz CT molecular complexity index is 1310. The van der Waals surface area contributed by atoms with Crippen molar-refractivity contribution in [2.75, 3.05) is 17.3 Å². The molecule has 0 radical (unpaired) electrons. The quantitative estimate of drug-likeness (QED) is 0.427. The highest BCUT2D eigenvalue weighted by atomic mass is 35.5. The third-order valence-electron chi connectivity index (χ3n) is 7.17. The largest absolute Gasteiger partial charge is 0.497 e. The van der Waals surface area contributed by atoms with E-state index in [0.717, 1.165) is 16.9 Å². The molecular formula is C26H24ClN5O3. The zero-order valence-electron chi connectivity index (χ0n) is 19.1. The van der Waals surface area contributed by atoms with Crippen LogP contribution in [0, 0.1) is 11.8 Å². The van der Waals surface area contributed by atoms with E-state index >= 15 is 0 Å². The molecule has 2 aromatic carbocycles. The number of halogens is 1. The van der Waals surface area contributed by atoms with E-state index in [1.165, 1.54) is 4.90 Å². The van der Waals surface area contributed by atoms with E-state index in [0.29, 0.717) is 30.2 Å². The molecule has 8 nitrogen and oxygen atoms in total. The maximum absolute atomic E-state index is 13.1. The Morgan fingerprint density at radius 1 is 1.00 bits per heavy atom. The minimum atomic E-state index is -0.340. The lowest BCUT2D eigenvalue weighted by Crippen LogP contribution is -2.32. The fourth-order valence-electron chi connectivity index (χ4n) is 5.32. The van der Waals surface area contributed by atoms with E-state index in [1.54, 1.807) is 11.8 Å². The molecule has 0 unspecified atom stereocenters. The molecule has 35 heavy (non-hydrogen) atoms. The Kier molecular flexibility index (Phi) is 5.33. The third-order valence-corrected chi connectivity index (χ3v) is 7.51. The fourth-order valence-corrected chi connectivity index (χ4v) is 5.58. The average molecular weight is 490 g/mol. The van der Waals surface area contributed by atoms with Crippen molar-refractivity contribution in [3.63, 3.8) is 0 Å². The first-order chi connectivity index (χ1) is 17.0. The number of hydrogen-bond donors (Lipinski definition) is 1. The van der Waals surface area contributed by atoms with Gasteiger partial charge in [0.15, 0.2) is 0 Å². The number of carbonyl (C=O) groups excluding carboxylic acids is 2. The minimum Gasteiger partial charge on any atom is -0.497 e. The fraction of sp³-hybridized carbons (Fsp3) is 0.308. The summed E-state index contributed by atoms with van der Waals surface area (Å²) in [4.78, 5) is 32.1. The van der Waals surface area contributed by atoms with Crippen LogP contribution in [0.2, 0.25) is 5.02 Å².